The van der Waals surface area contributed by atoms with E-state index in [1.165, 1.54) is 0 Å². The molecule has 0 saturated carbocycles. The van der Waals surface area contributed by atoms with Crippen LogP contribution in [0.15, 0.2) is 47.2 Å². The number of hydrogen-bond donors (Lipinski definition) is 0. The van der Waals surface area contributed by atoms with Crippen molar-refractivity contribution >= 4 is 27.3 Å². The number of benzene rings is 1. The van der Waals surface area contributed by atoms with Crippen molar-refractivity contribution in [3.8, 4) is 11.5 Å². The van der Waals surface area contributed by atoms with Gasteiger partial charge in [-0.15, -0.1) is 0 Å². The summed E-state index contributed by atoms with van der Waals surface area (Å²) >= 11 is 3.47. The summed E-state index contributed by atoms with van der Waals surface area (Å²) < 4.78 is 13.7. The maximum atomic E-state index is 5.36. The molecule has 0 saturated heterocycles. The minimum atomic E-state index is 0.703. The number of aromatic nitrogens is 2. The van der Waals surface area contributed by atoms with E-state index in [9.17, 15) is 0 Å². The van der Waals surface area contributed by atoms with Crippen LogP contribution in [0.2, 0.25) is 0 Å². The Morgan fingerprint density at radius 2 is 1.87 bits per heavy atom. The van der Waals surface area contributed by atoms with Crippen LogP contribution in [-0.4, -0.2) is 30.7 Å². The molecule has 0 bridgehead atoms. The molecule has 0 N–H and O–H groups in total. The molecule has 0 radical (unpaired) electrons. The van der Waals surface area contributed by atoms with Gasteiger partial charge in [-0.25, -0.2) is 4.98 Å². The van der Waals surface area contributed by atoms with E-state index in [0.29, 0.717) is 6.54 Å². The highest BCUT2D eigenvalue weighted by atomic mass is 79.9. The van der Waals surface area contributed by atoms with E-state index in [2.05, 4.69) is 25.8 Å². The highest BCUT2D eigenvalue weighted by molar-refractivity contribution is 9.10. The van der Waals surface area contributed by atoms with Gasteiger partial charge < -0.3 is 18.8 Å². The first kappa shape index (κ1) is 15.7. The summed E-state index contributed by atoms with van der Waals surface area (Å²) in [5.74, 6) is 1.44. The molecule has 2 aromatic heterocycles. The van der Waals surface area contributed by atoms with E-state index in [1.54, 1.807) is 14.2 Å². The molecule has 0 aliphatic rings. The number of nitrogens with zero attached hydrogens (tertiary/aromatic N) is 3. The number of anilines is 1. The average Bonchev–Trinajstić information content (AvgIpc) is 2.95. The Labute approximate surface area is 143 Å². The van der Waals surface area contributed by atoms with Gasteiger partial charge in [0.1, 0.15) is 5.65 Å². The van der Waals surface area contributed by atoms with Gasteiger partial charge in [-0.3, -0.25) is 0 Å². The molecule has 0 aliphatic heterocycles. The Hall–Kier alpha value is -2.21. The molecule has 6 heteroatoms. The van der Waals surface area contributed by atoms with Gasteiger partial charge >= 0.3 is 0 Å². The van der Waals surface area contributed by atoms with Crippen LogP contribution in [-0.2, 0) is 6.54 Å². The van der Waals surface area contributed by atoms with Crippen molar-refractivity contribution in [2.75, 3.05) is 26.2 Å². The van der Waals surface area contributed by atoms with Crippen LogP contribution in [0.1, 0.15) is 5.69 Å². The minimum absolute atomic E-state index is 0.703. The topological polar surface area (TPSA) is 39.0 Å². The molecule has 3 aromatic rings. The molecular weight excluding hydrogens is 358 g/mol. The lowest BCUT2D eigenvalue weighted by atomic mass is 10.2. The van der Waals surface area contributed by atoms with Crippen molar-refractivity contribution < 1.29 is 9.47 Å². The number of halogens is 1. The fourth-order valence-electron chi connectivity index (χ4n) is 2.49. The van der Waals surface area contributed by atoms with Gasteiger partial charge in [0.2, 0.25) is 0 Å². The quantitative estimate of drug-likeness (QED) is 0.680. The van der Waals surface area contributed by atoms with Gasteiger partial charge in [0.15, 0.2) is 11.5 Å². The van der Waals surface area contributed by atoms with E-state index in [1.807, 2.05) is 54.2 Å². The largest absolute Gasteiger partial charge is 0.493 e. The second kappa shape index (κ2) is 6.50. The first-order valence-electron chi connectivity index (χ1n) is 7.17. The predicted molar refractivity (Wildman–Crippen MR) is 94.5 cm³/mol. The van der Waals surface area contributed by atoms with Crippen LogP contribution >= 0.6 is 15.9 Å². The van der Waals surface area contributed by atoms with E-state index < -0.39 is 0 Å². The van der Waals surface area contributed by atoms with Gasteiger partial charge in [-0.2, -0.15) is 0 Å². The van der Waals surface area contributed by atoms with E-state index in [-0.39, 0.29) is 0 Å². The third-order valence-electron chi connectivity index (χ3n) is 3.67. The molecule has 0 spiro atoms. The molecule has 0 atom stereocenters. The molecule has 3 rings (SSSR count). The highest BCUT2D eigenvalue weighted by Gasteiger charge is 2.10. The second-order valence-corrected chi connectivity index (χ2v) is 6.16. The zero-order chi connectivity index (χ0) is 16.4. The Kier molecular flexibility index (Phi) is 4.43. The van der Waals surface area contributed by atoms with Crippen molar-refractivity contribution in [1.29, 1.82) is 0 Å². The number of fused-ring (bicyclic) bond motifs is 1. The van der Waals surface area contributed by atoms with Crippen LogP contribution in [0.25, 0.3) is 5.65 Å². The fourth-order valence-corrected chi connectivity index (χ4v) is 2.84. The molecule has 0 unspecified atom stereocenters. The smallest absolute Gasteiger partial charge is 0.162 e. The summed E-state index contributed by atoms with van der Waals surface area (Å²) in [6.07, 6.45) is 4.04. The Balaban J connectivity index is 1.83. The minimum Gasteiger partial charge on any atom is -0.493 e. The lowest BCUT2D eigenvalue weighted by Crippen LogP contribution is -2.16. The molecule has 120 valence electrons. The monoisotopic (exact) mass is 375 g/mol. The molecule has 23 heavy (non-hydrogen) atoms. The predicted octanol–water partition coefficient (Wildman–Crippen LogP) is 3.75. The van der Waals surface area contributed by atoms with Crippen molar-refractivity contribution in [2.45, 2.75) is 6.54 Å². The second-order valence-electron chi connectivity index (χ2n) is 5.24. The Morgan fingerprint density at radius 1 is 1.09 bits per heavy atom. The summed E-state index contributed by atoms with van der Waals surface area (Å²) in [5.41, 5.74) is 2.98. The summed E-state index contributed by atoms with van der Waals surface area (Å²) in [6, 6.07) is 9.86. The van der Waals surface area contributed by atoms with Crippen molar-refractivity contribution in [2.24, 2.45) is 0 Å². The number of methoxy groups -OCH3 is 2. The first-order valence-corrected chi connectivity index (χ1v) is 7.96. The molecule has 0 fully saturated rings. The summed E-state index contributed by atoms with van der Waals surface area (Å²) in [6.45, 7) is 0.703. The van der Waals surface area contributed by atoms with Crippen molar-refractivity contribution in [1.82, 2.24) is 9.38 Å². The summed E-state index contributed by atoms with van der Waals surface area (Å²) in [7, 11) is 5.30. The van der Waals surface area contributed by atoms with Crippen LogP contribution in [0.5, 0.6) is 11.5 Å². The standard InChI is InChI=1S/C17H18BrN3O2/c1-20(14-5-6-15(22-2)16(8-14)23-3)10-13-11-21-9-12(18)4-7-17(21)19-13/h4-9,11H,10H2,1-3H3. The number of pyridine rings is 1. The average molecular weight is 376 g/mol. The highest BCUT2D eigenvalue weighted by Crippen LogP contribution is 2.31. The van der Waals surface area contributed by atoms with Gasteiger partial charge in [0.05, 0.1) is 26.5 Å². The van der Waals surface area contributed by atoms with Crippen molar-refractivity contribution in [3.63, 3.8) is 0 Å². The molecular formula is C17H18BrN3O2. The third kappa shape index (κ3) is 3.27. The zero-order valence-corrected chi connectivity index (χ0v) is 14.9. The zero-order valence-electron chi connectivity index (χ0n) is 13.3. The summed E-state index contributed by atoms with van der Waals surface area (Å²) in [4.78, 5) is 6.76. The lowest BCUT2D eigenvalue weighted by Gasteiger charge is -2.19. The first-order chi connectivity index (χ1) is 11.1. The Morgan fingerprint density at radius 3 is 2.61 bits per heavy atom. The molecule has 2 heterocycles. The number of ether oxygens (including phenoxy) is 2. The maximum absolute atomic E-state index is 5.36. The Bertz CT molecular complexity index is 832. The van der Waals surface area contributed by atoms with Crippen LogP contribution in [0.3, 0.4) is 0 Å². The van der Waals surface area contributed by atoms with E-state index in [4.69, 9.17) is 9.47 Å². The van der Waals surface area contributed by atoms with Crippen LogP contribution in [0.4, 0.5) is 5.69 Å². The van der Waals surface area contributed by atoms with Crippen molar-refractivity contribution in [3.05, 3.63) is 52.9 Å². The SMILES string of the molecule is COc1ccc(N(C)Cc2cn3cc(Br)ccc3n2)cc1OC. The normalized spacial score (nSPS) is 10.8. The lowest BCUT2D eigenvalue weighted by molar-refractivity contribution is 0.355. The van der Waals surface area contributed by atoms with E-state index in [0.717, 1.165) is 33.0 Å². The molecule has 1 aromatic carbocycles. The van der Waals surface area contributed by atoms with Crippen LogP contribution in [0, 0.1) is 0 Å². The summed E-state index contributed by atoms with van der Waals surface area (Å²) in [5, 5.41) is 0. The maximum Gasteiger partial charge on any atom is 0.162 e. The molecule has 0 aliphatic carbocycles. The van der Waals surface area contributed by atoms with Gasteiger partial charge in [-0.05, 0) is 40.2 Å². The van der Waals surface area contributed by atoms with E-state index >= 15 is 0 Å². The van der Waals surface area contributed by atoms with Crippen LogP contribution < -0.4 is 14.4 Å². The third-order valence-corrected chi connectivity index (χ3v) is 4.14. The number of imidazole rings is 1. The van der Waals surface area contributed by atoms with Gasteiger partial charge in [0.25, 0.3) is 0 Å². The molecule has 5 nitrogen and oxygen atoms in total. The number of rotatable bonds is 5. The fraction of sp³-hybridized carbons (Fsp3) is 0.235. The number of hydrogen-bond acceptors (Lipinski definition) is 4. The van der Waals surface area contributed by atoms with Gasteiger partial charge in [0, 0.05) is 35.7 Å². The van der Waals surface area contributed by atoms with Gasteiger partial charge in [-0.1, -0.05) is 0 Å². The molecule has 0 amide bonds.